The van der Waals surface area contributed by atoms with E-state index in [-0.39, 0.29) is 16.2 Å². The summed E-state index contributed by atoms with van der Waals surface area (Å²) in [6.45, 7) is 0. The Morgan fingerprint density at radius 2 is 1.26 bits per heavy atom. The van der Waals surface area contributed by atoms with E-state index in [1.165, 1.54) is 38.5 Å². The van der Waals surface area contributed by atoms with Crippen molar-refractivity contribution in [2.24, 2.45) is 45.3 Å². The van der Waals surface area contributed by atoms with Gasteiger partial charge in [0.05, 0.1) is 17.9 Å². The van der Waals surface area contributed by atoms with E-state index in [1.807, 2.05) is 36.2 Å². The molecule has 8 saturated carbocycles. The van der Waals surface area contributed by atoms with Gasteiger partial charge in [-0.25, -0.2) is 0 Å². The summed E-state index contributed by atoms with van der Waals surface area (Å²) in [5.74, 6) is 2.96. The first-order valence-corrected chi connectivity index (χ1v) is 13.9. The van der Waals surface area contributed by atoms with E-state index in [2.05, 4.69) is 0 Å². The molecule has 8 aliphatic rings. The lowest BCUT2D eigenvalue weighted by molar-refractivity contribution is -0.238. The van der Waals surface area contributed by atoms with Crippen LogP contribution in [0.1, 0.15) is 77.0 Å². The van der Waals surface area contributed by atoms with Gasteiger partial charge in [0.1, 0.15) is 5.75 Å². The number of hydrogen-bond donors (Lipinski definition) is 1. The quantitative estimate of drug-likeness (QED) is 0.572. The van der Waals surface area contributed by atoms with E-state index < -0.39 is 11.4 Å². The fraction of sp³-hybridized carbons (Fsp3) is 0.733. The molecule has 4 unspecified atom stereocenters. The van der Waals surface area contributed by atoms with E-state index in [0.29, 0.717) is 29.6 Å². The Morgan fingerprint density at radius 3 is 1.71 bits per heavy atom. The van der Waals surface area contributed by atoms with Gasteiger partial charge in [0.15, 0.2) is 0 Å². The van der Waals surface area contributed by atoms with Crippen LogP contribution in [0.2, 0.25) is 0 Å². The minimum Gasteiger partial charge on any atom is -0.497 e. The molecule has 5 nitrogen and oxygen atoms in total. The van der Waals surface area contributed by atoms with Crippen molar-refractivity contribution in [2.45, 2.75) is 77.0 Å². The molecule has 8 fully saturated rings. The average Bonchev–Trinajstić information content (AvgIpc) is 2.81. The molecule has 4 atom stereocenters. The third kappa shape index (κ3) is 2.93. The Bertz CT molecular complexity index is 1050. The van der Waals surface area contributed by atoms with Crippen LogP contribution in [0.5, 0.6) is 5.75 Å². The van der Waals surface area contributed by atoms with Gasteiger partial charge in [0.2, 0.25) is 5.91 Å². The van der Waals surface area contributed by atoms with E-state index in [9.17, 15) is 14.7 Å². The zero-order chi connectivity index (χ0) is 24.2. The molecule has 1 aromatic rings. The van der Waals surface area contributed by atoms with Crippen molar-refractivity contribution in [1.29, 1.82) is 0 Å². The number of nitrogens with zero attached hydrogens (tertiary/aromatic N) is 1. The molecule has 9 rings (SSSR count). The second-order valence-electron chi connectivity index (χ2n) is 13.9. The van der Waals surface area contributed by atoms with Crippen molar-refractivity contribution in [3.63, 3.8) is 0 Å². The summed E-state index contributed by atoms with van der Waals surface area (Å²) >= 11 is 0. The summed E-state index contributed by atoms with van der Waals surface area (Å²) in [7, 11) is 3.61. The van der Waals surface area contributed by atoms with Crippen LogP contribution in [0.3, 0.4) is 0 Å². The maximum absolute atomic E-state index is 14.3. The number of aliphatic carboxylic acids is 1. The van der Waals surface area contributed by atoms with E-state index in [1.54, 1.807) is 7.11 Å². The number of carboxylic acids is 1. The topological polar surface area (TPSA) is 66.8 Å². The largest absolute Gasteiger partial charge is 0.497 e. The molecular formula is C30H39NO4. The Hall–Kier alpha value is -2.04. The van der Waals surface area contributed by atoms with Gasteiger partial charge in [-0.3, -0.25) is 9.59 Å². The molecule has 1 aromatic carbocycles. The van der Waals surface area contributed by atoms with Gasteiger partial charge in [-0.15, -0.1) is 0 Å². The average molecular weight is 478 g/mol. The molecule has 8 bridgehead atoms. The highest BCUT2D eigenvalue weighted by Gasteiger charge is 2.72. The minimum absolute atomic E-state index is 0.136. The van der Waals surface area contributed by atoms with Crippen molar-refractivity contribution < 1.29 is 19.4 Å². The summed E-state index contributed by atoms with van der Waals surface area (Å²) in [5.41, 5.74) is 0.451. The first-order valence-electron chi connectivity index (χ1n) is 13.9. The summed E-state index contributed by atoms with van der Waals surface area (Å²) < 4.78 is 5.32. The first-order chi connectivity index (χ1) is 16.7. The normalized spacial score (nSPS) is 46.6. The minimum atomic E-state index is -0.536. The van der Waals surface area contributed by atoms with Crippen LogP contribution in [0, 0.1) is 45.3 Å². The third-order valence-corrected chi connectivity index (χ3v) is 11.9. The Morgan fingerprint density at radius 1 is 0.800 bits per heavy atom. The van der Waals surface area contributed by atoms with Crippen molar-refractivity contribution >= 4 is 17.6 Å². The lowest BCUT2D eigenvalue weighted by Crippen LogP contribution is -2.67. The summed E-state index contributed by atoms with van der Waals surface area (Å²) in [4.78, 5) is 28.8. The highest BCUT2D eigenvalue weighted by molar-refractivity contribution is 5.97. The standard InChI is InChI=1S/C30H39NO4/c1-31(23-3-5-24(35-2)6-4-23)25(32)27-9-19-7-20(10-27)14-29(13-19,17-27)30-15-21-8-22(16-30)12-28(11-21,18-30)26(33)34/h3-6,19-22H,7-18H2,1-2H3,(H,33,34). The molecule has 1 amide bonds. The molecule has 0 spiro atoms. The van der Waals surface area contributed by atoms with Crippen molar-refractivity contribution in [1.82, 2.24) is 0 Å². The second kappa shape index (κ2) is 7.04. The molecule has 5 heteroatoms. The summed E-state index contributed by atoms with van der Waals surface area (Å²) in [5, 5.41) is 10.4. The van der Waals surface area contributed by atoms with E-state index >= 15 is 0 Å². The van der Waals surface area contributed by atoms with Crippen LogP contribution in [0.4, 0.5) is 5.69 Å². The Kier molecular flexibility index (Phi) is 4.46. The number of carbonyl (C=O) groups excluding carboxylic acids is 1. The Labute approximate surface area is 208 Å². The monoisotopic (exact) mass is 477 g/mol. The molecule has 0 saturated heterocycles. The number of benzene rings is 1. The number of carbonyl (C=O) groups is 2. The molecule has 0 heterocycles. The van der Waals surface area contributed by atoms with Crippen LogP contribution in [-0.2, 0) is 9.59 Å². The number of hydrogen-bond acceptors (Lipinski definition) is 3. The van der Waals surface area contributed by atoms with Crippen molar-refractivity contribution in [3.8, 4) is 5.75 Å². The fourth-order valence-electron chi connectivity index (χ4n) is 11.5. The number of anilines is 1. The van der Waals surface area contributed by atoms with Crippen molar-refractivity contribution in [3.05, 3.63) is 24.3 Å². The van der Waals surface area contributed by atoms with Gasteiger partial charge in [-0.2, -0.15) is 0 Å². The molecule has 0 aliphatic heterocycles. The predicted molar refractivity (Wildman–Crippen MR) is 133 cm³/mol. The molecule has 35 heavy (non-hydrogen) atoms. The highest BCUT2D eigenvalue weighted by atomic mass is 16.5. The highest BCUT2D eigenvalue weighted by Crippen LogP contribution is 2.78. The van der Waals surface area contributed by atoms with Gasteiger partial charge in [-0.05, 0) is 136 Å². The van der Waals surface area contributed by atoms with Crippen LogP contribution < -0.4 is 9.64 Å². The van der Waals surface area contributed by atoms with E-state index in [0.717, 1.165) is 50.0 Å². The second-order valence-corrected chi connectivity index (χ2v) is 13.9. The van der Waals surface area contributed by atoms with Gasteiger partial charge < -0.3 is 14.7 Å². The smallest absolute Gasteiger partial charge is 0.309 e. The first kappa shape index (κ1) is 22.2. The third-order valence-electron chi connectivity index (χ3n) is 11.9. The van der Waals surface area contributed by atoms with Crippen molar-refractivity contribution in [2.75, 3.05) is 19.1 Å². The zero-order valence-corrected chi connectivity index (χ0v) is 21.2. The maximum atomic E-state index is 14.3. The molecule has 0 radical (unpaired) electrons. The van der Waals surface area contributed by atoms with E-state index in [4.69, 9.17) is 4.74 Å². The van der Waals surface area contributed by atoms with Crippen LogP contribution in [0.15, 0.2) is 24.3 Å². The summed E-state index contributed by atoms with van der Waals surface area (Å²) in [6, 6.07) is 7.84. The molecule has 0 aromatic heterocycles. The number of carboxylic acid groups (broad SMARTS) is 1. The number of amides is 1. The predicted octanol–water partition coefficient (Wildman–Crippen LogP) is 5.92. The number of rotatable bonds is 5. The molecule has 1 N–H and O–H groups in total. The SMILES string of the molecule is COc1ccc(N(C)C(=O)C23CC4CC(C2)CC(C25CC6CC(CC(C(=O)O)(C6)C2)C5)(C4)C3)cc1. The van der Waals surface area contributed by atoms with Gasteiger partial charge in [0.25, 0.3) is 0 Å². The zero-order valence-electron chi connectivity index (χ0n) is 21.2. The van der Waals surface area contributed by atoms with Gasteiger partial charge in [-0.1, -0.05) is 0 Å². The molecule has 8 aliphatic carbocycles. The van der Waals surface area contributed by atoms with Crippen LogP contribution in [-0.4, -0.2) is 31.1 Å². The van der Waals surface area contributed by atoms with Gasteiger partial charge in [0, 0.05) is 12.7 Å². The molecule has 188 valence electrons. The van der Waals surface area contributed by atoms with Crippen LogP contribution in [0.25, 0.3) is 0 Å². The summed E-state index contributed by atoms with van der Waals surface area (Å²) in [6.07, 6.45) is 13.1. The maximum Gasteiger partial charge on any atom is 0.309 e. The molecular weight excluding hydrogens is 438 g/mol. The number of ether oxygens (including phenoxy) is 1. The lowest BCUT2D eigenvalue weighted by atomic mass is 9.31. The van der Waals surface area contributed by atoms with Crippen LogP contribution >= 0.6 is 0 Å². The Balaban J connectivity index is 1.25. The fourth-order valence-corrected chi connectivity index (χ4v) is 11.5. The van der Waals surface area contributed by atoms with Gasteiger partial charge >= 0.3 is 5.97 Å². The number of methoxy groups -OCH3 is 1. The lowest BCUT2D eigenvalue weighted by Gasteiger charge is -2.73.